The van der Waals surface area contributed by atoms with Gasteiger partial charge in [0.05, 0.1) is 16.8 Å². The van der Waals surface area contributed by atoms with Crippen LogP contribution >= 0.6 is 0 Å². The maximum Gasteiger partial charge on any atom is 0.257 e. The van der Waals surface area contributed by atoms with E-state index in [9.17, 15) is 4.79 Å². The molecule has 0 spiro atoms. The van der Waals surface area contributed by atoms with E-state index in [4.69, 9.17) is 15.0 Å². The van der Waals surface area contributed by atoms with Crippen LogP contribution in [-0.4, -0.2) is 35.1 Å². The molecule has 2 aliphatic rings. The zero-order valence-electron chi connectivity index (χ0n) is 15.3. The molecule has 0 radical (unpaired) electrons. The second kappa shape index (κ2) is 6.76. The number of rotatable bonds is 4. The van der Waals surface area contributed by atoms with Crippen LogP contribution in [0.25, 0.3) is 0 Å². The number of carbonyl (C=O) groups is 1. The van der Waals surface area contributed by atoms with Crippen LogP contribution in [0.15, 0.2) is 28.8 Å². The van der Waals surface area contributed by atoms with Gasteiger partial charge in [0.15, 0.2) is 0 Å². The second-order valence-corrected chi connectivity index (χ2v) is 7.46. The van der Waals surface area contributed by atoms with Gasteiger partial charge in [-0.05, 0) is 50.7 Å². The number of carbonyl (C=O) groups excluding carboxylic acids is 1. The number of nitrogens with two attached hydrogens (primary N) is 1. The summed E-state index contributed by atoms with van der Waals surface area (Å²) in [5, 5.41) is 3.95. The van der Waals surface area contributed by atoms with Crippen molar-refractivity contribution in [1.82, 2.24) is 10.1 Å². The maximum absolute atomic E-state index is 13.1. The molecule has 138 valence electrons. The smallest absolute Gasteiger partial charge is 0.257 e. The van der Waals surface area contributed by atoms with Crippen molar-refractivity contribution >= 4 is 5.91 Å². The molecule has 2 heterocycles. The number of fused-ring (bicyclic) bond motifs is 1. The molecule has 1 aromatic carbocycles. The third kappa shape index (κ3) is 2.98. The second-order valence-electron chi connectivity index (χ2n) is 7.46. The fourth-order valence-corrected chi connectivity index (χ4v) is 4.27. The molecule has 1 aliphatic heterocycles. The molecule has 0 bridgehead atoms. The van der Waals surface area contributed by atoms with Gasteiger partial charge in [0.1, 0.15) is 18.1 Å². The number of ether oxygens (including phenoxy) is 1. The van der Waals surface area contributed by atoms with Crippen LogP contribution in [-0.2, 0) is 6.61 Å². The standard InChI is InChI=1S/C20H25N3O3/c1-12-17(13(2)26-22-12)11-25-19-6-4-3-5-15(19)20(24)23-9-14-7-8-18(21)16(14)10-23/h3-6,14,16,18H,7-11,21H2,1-2H3. The number of aryl methyl sites for hydroxylation is 2. The van der Waals surface area contributed by atoms with Gasteiger partial charge in [-0.25, -0.2) is 0 Å². The number of hydrogen-bond donors (Lipinski definition) is 1. The molecule has 26 heavy (non-hydrogen) atoms. The number of nitrogens with zero attached hydrogens (tertiary/aromatic N) is 2. The quantitative estimate of drug-likeness (QED) is 0.912. The lowest BCUT2D eigenvalue weighted by Gasteiger charge is -2.20. The molecule has 3 atom stereocenters. The van der Waals surface area contributed by atoms with E-state index < -0.39 is 0 Å². The van der Waals surface area contributed by atoms with Crippen LogP contribution in [0.4, 0.5) is 0 Å². The molecule has 1 saturated carbocycles. The maximum atomic E-state index is 13.1. The first-order valence-corrected chi connectivity index (χ1v) is 9.23. The summed E-state index contributed by atoms with van der Waals surface area (Å²) in [4.78, 5) is 15.0. The largest absolute Gasteiger partial charge is 0.488 e. The third-order valence-electron chi connectivity index (χ3n) is 5.87. The molecule has 6 nitrogen and oxygen atoms in total. The summed E-state index contributed by atoms with van der Waals surface area (Å²) in [6.07, 6.45) is 2.20. The van der Waals surface area contributed by atoms with Gasteiger partial charge in [0.25, 0.3) is 5.91 Å². The van der Waals surface area contributed by atoms with Gasteiger partial charge in [-0.1, -0.05) is 17.3 Å². The van der Waals surface area contributed by atoms with E-state index in [0.717, 1.165) is 42.9 Å². The lowest BCUT2D eigenvalue weighted by Crippen LogP contribution is -2.33. The first-order valence-electron chi connectivity index (χ1n) is 9.23. The number of hydrogen-bond acceptors (Lipinski definition) is 5. The highest BCUT2D eigenvalue weighted by molar-refractivity contribution is 5.97. The lowest BCUT2D eigenvalue weighted by molar-refractivity contribution is 0.0774. The molecular formula is C20H25N3O3. The van der Waals surface area contributed by atoms with Gasteiger partial charge in [-0.3, -0.25) is 4.79 Å². The van der Waals surface area contributed by atoms with E-state index in [0.29, 0.717) is 29.8 Å². The van der Waals surface area contributed by atoms with Crippen molar-refractivity contribution in [2.45, 2.75) is 39.3 Å². The summed E-state index contributed by atoms with van der Waals surface area (Å²) < 4.78 is 11.1. The predicted molar refractivity (Wildman–Crippen MR) is 96.8 cm³/mol. The van der Waals surface area contributed by atoms with Crippen molar-refractivity contribution in [3.05, 3.63) is 46.8 Å². The van der Waals surface area contributed by atoms with Gasteiger partial charge in [-0.2, -0.15) is 0 Å². The van der Waals surface area contributed by atoms with Crippen LogP contribution < -0.4 is 10.5 Å². The van der Waals surface area contributed by atoms with E-state index in [-0.39, 0.29) is 11.9 Å². The van der Waals surface area contributed by atoms with Crippen LogP contribution in [0.5, 0.6) is 5.75 Å². The Morgan fingerprint density at radius 2 is 2.12 bits per heavy atom. The Morgan fingerprint density at radius 1 is 1.31 bits per heavy atom. The minimum Gasteiger partial charge on any atom is -0.488 e. The summed E-state index contributed by atoms with van der Waals surface area (Å²) in [5.41, 5.74) is 8.55. The first kappa shape index (κ1) is 17.1. The molecule has 2 fully saturated rings. The SMILES string of the molecule is Cc1noc(C)c1COc1ccccc1C(=O)N1CC2CCC(N)C2C1. The van der Waals surface area contributed by atoms with Crippen LogP contribution in [0.1, 0.15) is 40.2 Å². The fourth-order valence-electron chi connectivity index (χ4n) is 4.27. The van der Waals surface area contributed by atoms with Gasteiger partial charge < -0.3 is 19.9 Å². The highest BCUT2D eigenvalue weighted by atomic mass is 16.5. The Bertz CT molecular complexity index is 797. The minimum atomic E-state index is 0.0287. The Labute approximate surface area is 153 Å². The topological polar surface area (TPSA) is 81.6 Å². The Kier molecular flexibility index (Phi) is 4.44. The highest BCUT2D eigenvalue weighted by Crippen LogP contribution is 2.38. The fraction of sp³-hybridized carbons (Fsp3) is 0.500. The van der Waals surface area contributed by atoms with E-state index in [2.05, 4.69) is 5.16 Å². The average molecular weight is 355 g/mol. The van der Waals surface area contributed by atoms with E-state index in [1.807, 2.05) is 43.0 Å². The van der Waals surface area contributed by atoms with Crippen LogP contribution in [0, 0.1) is 25.7 Å². The van der Waals surface area contributed by atoms with Crippen LogP contribution in [0.3, 0.4) is 0 Å². The van der Waals surface area contributed by atoms with Gasteiger partial charge >= 0.3 is 0 Å². The van der Waals surface area contributed by atoms with Crippen LogP contribution in [0.2, 0.25) is 0 Å². The average Bonchev–Trinajstić information content (AvgIpc) is 3.30. The summed E-state index contributed by atoms with van der Waals surface area (Å²) in [5.74, 6) is 2.35. The molecule has 4 rings (SSSR count). The summed E-state index contributed by atoms with van der Waals surface area (Å²) in [6.45, 7) is 5.64. The molecule has 1 saturated heterocycles. The highest BCUT2D eigenvalue weighted by Gasteiger charge is 2.42. The van der Waals surface area contributed by atoms with E-state index >= 15 is 0 Å². The molecule has 2 N–H and O–H groups in total. The Balaban J connectivity index is 1.50. The number of para-hydroxylation sites is 1. The monoisotopic (exact) mass is 355 g/mol. The zero-order chi connectivity index (χ0) is 18.3. The van der Waals surface area contributed by atoms with E-state index in [1.165, 1.54) is 0 Å². The van der Waals surface area contributed by atoms with Crippen molar-refractivity contribution in [2.24, 2.45) is 17.6 Å². The van der Waals surface area contributed by atoms with Gasteiger partial charge in [0, 0.05) is 19.1 Å². The summed E-state index contributed by atoms with van der Waals surface area (Å²) in [7, 11) is 0. The number of aromatic nitrogens is 1. The molecule has 1 amide bonds. The Hall–Kier alpha value is -2.34. The lowest BCUT2D eigenvalue weighted by atomic mass is 9.98. The van der Waals surface area contributed by atoms with Gasteiger partial charge in [-0.15, -0.1) is 0 Å². The summed E-state index contributed by atoms with van der Waals surface area (Å²) in [6, 6.07) is 7.66. The van der Waals surface area contributed by atoms with Gasteiger partial charge in [0.2, 0.25) is 0 Å². The summed E-state index contributed by atoms with van der Waals surface area (Å²) >= 11 is 0. The molecule has 3 unspecified atom stereocenters. The van der Waals surface area contributed by atoms with Crippen molar-refractivity contribution in [1.29, 1.82) is 0 Å². The molecule has 6 heteroatoms. The molecule has 1 aliphatic carbocycles. The Morgan fingerprint density at radius 3 is 2.85 bits per heavy atom. The number of benzene rings is 1. The minimum absolute atomic E-state index is 0.0287. The normalized spacial score (nSPS) is 24.7. The van der Waals surface area contributed by atoms with Crippen molar-refractivity contribution < 1.29 is 14.1 Å². The number of likely N-dealkylation sites (tertiary alicyclic amines) is 1. The van der Waals surface area contributed by atoms with Crippen molar-refractivity contribution in [3.8, 4) is 5.75 Å². The number of amides is 1. The molecular weight excluding hydrogens is 330 g/mol. The zero-order valence-corrected chi connectivity index (χ0v) is 15.3. The predicted octanol–water partition coefficient (Wildman–Crippen LogP) is 2.68. The van der Waals surface area contributed by atoms with Crippen molar-refractivity contribution in [3.63, 3.8) is 0 Å². The van der Waals surface area contributed by atoms with E-state index in [1.54, 1.807) is 0 Å². The third-order valence-corrected chi connectivity index (χ3v) is 5.87. The van der Waals surface area contributed by atoms with Crippen molar-refractivity contribution in [2.75, 3.05) is 13.1 Å². The first-order chi connectivity index (χ1) is 12.5. The molecule has 2 aromatic rings. The molecule has 1 aromatic heterocycles.